The molecule has 0 aliphatic carbocycles. The number of ether oxygens (including phenoxy) is 1. The summed E-state index contributed by atoms with van der Waals surface area (Å²) in [5.41, 5.74) is 0.423. The summed E-state index contributed by atoms with van der Waals surface area (Å²) in [6, 6.07) is 9.52. The molecule has 2 aromatic rings. The largest absolute Gasteiger partial charge is 0.490 e. The molecule has 1 fully saturated rings. The lowest BCUT2D eigenvalue weighted by Gasteiger charge is -2.12. The Bertz CT molecular complexity index is 1040. The Morgan fingerprint density at radius 3 is 2.57 bits per heavy atom. The van der Waals surface area contributed by atoms with Gasteiger partial charge in [-0.05, 0) is 47.7 Å². The molecule has 1 heterocycles. The molecular formula is C21H16F2N2O4S. The van der Waals surface area contributed by atoms with E-state index in [9.17, 15) is 23.2 Å². The lowest BCUT2D eigenvalue weighted by molar-refractivity contribution is -0.127. The Labute approximate surface area is 175 Å². The smallest absolute Gasteiger partial charge is 0.294 e. The van der Waals surface area contributed by atoms with Gasteiger partial charge < -0.3 is 10.1 Å². The fourth-order valence-corrected chi connectivity index (χ4v) is 3.37. The summed E-state index contributed by atoms with van der Waals surface area (Å²) in [6.45, 7) is 3.34. The average Bonchev–Trinajstić information content (AvgIpc) is 2.97. The molecule has 30 heavy (non-hydrogen) atoms. The van der Waals surface area contributed by atoms with Gasteiger partial charge in [0, 0.05) is 6.07 Å². The fourth-order valence-electron chi connectivity index (χ4n) is 2.53. The monoisotopic (exact) mass is 430 g/mol. The minimum absolute atomic E-state index is 0.153. The highest BCUT2D eigenvalue weighted by atomic mass is 32.2. The van der Waals surface area contributed by atoms with Crippen molar-refractivity contribution in [3.05, 3.63) is 77.2 Å². The van der Waals surface area contributed by atoms with E-state index in [1.807, 2.05) is 0 Å². The quantitative estimate of drug-likeness (QED) is 0.526. The van der Waals surface area contributed by atoms with Gasteiger partial charge in [0.2, 0.25) is 5.91 Å². The summed E-state index contributed by atoms with van der Waals surface area (Å²) in [4.78, 5) is 37.7. The standard InChI is InChI=1S/C21H16F2N2O4S/c1-2-9-29-15-6-3-13(4-7-15)10-18-20(27)25(21(28)30-18)12-19(26)24-17-8-5-14(22)11-16(17)23/h2-8,10-11H,1,9,12H2,(H,24,26). The molecule has 0 unspecified atom stereocenters. The minimum Gasteiger partial charge on any atom is -0.490 e. The minimum atomic E-state index is -0.960. The van der Waals surface area contributed by atoms with E-state index in [0.717, 1.165) is 17.0 Å². The first-order valence-corrected chi connectivity index (χ1v) is 9.53. The van der Waals surface area contributed by atoms with Crippen LogP contribution in [-0.2, 0) is 9.59 Å². The Morgan fingerprint density at radius 1 is 1.17 bits per heavy atom. The molecule has 1 aliphatic heterocycles. The summed E-state index contributed by atoms with van der Waals surface area (Å²) >= 11 is 0.698. The van der Waals surface area contributed by atoms with Crippen molar-refractivity contribution in [1.82, 2.24) is 4.90 Å². The molecule has 9 heteroatoms. The first-order chi connectivity index (χ1) is 14.4. The predicted octanol–water partition coefficient (Wildman–Crippen LogP) is 4.20. The Balaban J connectivity index is 1.66. The number of nitrogens with one attached hydrogen (secondary N) is 1. The summed E-state index contributed by atoms with van der Waals surface area (Å²) in [6.07, 6.45) is 3.14. The van der Waals surface area contributed by atoms with Crippen molar-refractivity contribution in [2.45, 2.75) is 0 Å². The summed E-state index contributed by atoms with van der Waals surface area (Å²) in [5, 5.41) is 1.60. The van der Waals surface area contributed by atoms with E-state index in [4.69, 9.17) is 4.74 Å². The molecule has 0 saturated carbocycles. The van der Waals surface area contributed by atoms with Crippen molar-refractivity contribution in [3.8, 4) is 5.75 Å². The normalized spacial score (nSPS) is 14.9. The molecule has 0 atom stereocenters. The van der Waals surface area contributed by atoms with Gasteiger partial charge in [0.05, 0.1) is 10.6 Å². The third-order valence-corrected chi connectivity index (χ3v) is 4.83. The van der Waals surface area contributed by atoms with Gasteiger partial charge in [0.25, 0.3) is 11.1 Å². The number of nitrogens with zero attached hydrogens (tertiary/aromatic N) is 1. The molecule has 6 nitrogen and oxygen atoms in total. The number of carbonyl (C=O) groups is 3. The number of thioether (sulfide) groups is 1. The van der Waals surface area contributed by atoms with E-state index in [-0.39, 0.29) is 10.6 Å². The zero-order valence-corrected chi connectivity index (χ0v) is 16.4. The summed E-state index contributed by atoms with van der Waals surface area (Å²) in [5.74, 6) is -2.54. The third kappa shape index (κ3) is 5.12. The van der Waals surface area contributed by atoms with Gasteiger partial charge in [-0.15, -0.1) is 0 Å². The van der Waals surface area contributed by atoms with Gasteiger partial charge in [0.1, 0.15) is 30.5 Å². The summed E-state index contributed by atoms with van der Waals surface area (Å²) in [7, 11) is 0. The van der Waals surface area contributed by atoms with Crippen LogP contribution in [0.3, 0.4) is 0 Å². The van der Waals surface area contributed by atoms with Crippen LogP contribution in [0, 0.1) is 11.6 Å². The number of carbonyl (C=O) groups excluding carboxylic acids is 3. The van der Waals surface area contributed by atoms with Gasteiger partial charge in [-0.3, -0.25) is 19.3 Å². The first-order valence-electron chi connectivity index (χ1n) is 8.71. The molecule has 0 radical (unpaired) electrons. The SMILES string of the molecule is C=CCOc1ccc(C=C2SC(=O)N(CC(=O)Nc3ccc(F)cc3F)C2=O)cc1. The topological polar surface area (TPSA) is 75.7 Å². The lowest BCUT2D eigenvalue weighted by atomic mass is 10.2. The van der Waals surface area contributed by atoms with Crippen LogP contribution >= 0.6 is 11.8 Å². The number of benzene rings is 2. The number of rotatable bonds is 7. The Morgan fingerprint density at radius 2 is 1.90 bits per heavy atom. The molecule has 1 aliphatic rings. The molecule has 1 N–H and O–H groups in total. The zero-order chi connectivity index (χ0) is 21.7. The second-order valence-electron chi connectivity index (χ2n) is 6.11. The molecule has 0 spiro atoms. The van der Waals surface area contributed by atoms with Gasteiger partial charge in [-0.1, -0.05) is 24.8 Å². The van der Waals surface area contributed by atoms with Gasteiger partial charge in [-0.2, -0.15) is 0 Å². The number of hydrogen-bond acceptors (Lipinski definition) is 5. The second kappa shape index (κ2) is 9.36. The molecule has 3 amide bonds. The van der Waals surface area contributed by atoms with Crippen LogP contribution < -0.4 is 10.1 Å². The van der Waals surface area contributed by atoms with E-state index in [1.54, 1.807) is 30.3 Å². The van der Waals surface area contributed by atoms with Crippen LogP contribution in [0.4, 0.5) is 19.3 Å². The fraction of sp³-hybridized carbons (Fsp3) is 0.0952. The maximum atomic E-state index is 13.6. The van der Waals surface area contributed by atoms with Gasteiger partial charge in [0.15, 0.2) is 0 Å². The van der Waals surface area contributed by atoms with Crippen LogP contribution in [0.25, 0.3) is 6.08 Å². The maximum Gasteiger partial charge on any atom is 0.294 e. The molecule has 3 rings (SSSR count). The maximum absolute atomic E-state index is 13.6. The molecule has 2 aromatic carbocycles. The van der Waals surface area contributed by atoms with Crippen molar-refractivity contribution in [2.75, 3.05) is 18.5 Å². The van der Waals surface area contributed by atoms with Crippen LogP contribution in [0.1, 0.15) is 5.56 Å². The van der Waals surface area contributed by atoms with Crippen LogP contribution in [0.15, 0.2) is 60.0 Å². The highest BCUT2D eigenvalue weighted by molar-refractivity contribution is 8.18. The third-order valence-electron chi connectivity index (χ3n) is 3.93. The molecule has 0 aromatic heterocycles. The number of anilines is 1. The van der Waals surface area contributed by atoms with Crippen molar-refractivity contribution >= 4 is 40.6 Å². The van der Waals surface area contributed by atoms with Crippen molar-refractivity contribution in [2.24, 2.45) is 0 Å². The highest BCUT2D eigenvalue weighted by Crippen LogP contribution is 2.32. The Kier molecular flexibility index (Phi) is 6.63. The number of halogens is 2. The highest BCUT2D eigenvalue weighted by Gasteiger charge is 2.36. The van der Waals surface area contributed by atoms with Crippen molar-refractivity contribution in [3.63, 3.8) is 0 Å². The Hall–Kier alpha value is -3.46. The van der Waals surface area contributed by atoms with Gasteiger partial charge >= 0.3 is 0 Å². The lowest BCUT2D eigenvalue weighted by Crippen LogP contribution is -2.36. The number of hydrogen-bond donors (Lipinski definition) is 1. The molecular weight excluding hydrogens is 414 g/mol. The van der Waals surface area contributed by atoms with Crippen LogP contribution in [-0.4, -0.2) is 35.1 Å². The predicted molar refractivity (Wildman–Crippen MR) is 110 cm³/mol. The second-order valence-corrected chi connectivity index (χ2v) is 7.10. The molecule has 0 bridgehead atoms. The first kappa shape index (κ1) is 21.3. The number of imide groups is 1. The van der Waals surface area contributed by atoms with Crippen molar-refractivity contribution < 1.29 is 27.9 Å². The molecule has 154 valence electrons. The zero-order valence-electron chi connectivity index (χ0n) is 15.6. The van der Waals surface area contributed by atoms with E-state index >= 15 is 0 Å². The van der Waals surface area contributed by atoms with E-state index < -0.39 is 35.2 Å². The van der Waals surface area contributed by atoms with Gasteiger partial charge in [-0.25, -0.2) is 8.78 Å². The summed E-state index contributed by atoms with van der Waals surface area (Å²) < 4.78 is 32.0. The van der Waals surface area contributed by atoms with Crippen LogP contribution in [0.2, 0.25) is 0 Å². The van der Waals surface area contributed by atoms with E-state index in [1.165, 1.54) is 6.08 Å². The average molecular weight is 430 g/mol. The van der Waals surface area contributed by atoms with E-state index in [2.05, 4.69) is 11.9 Å². The number of amides is 3. The van der Waals surface area contributed by atoms with Crippen molar-refractivity contribution in [1.29, 1.82) is 0 Å². The van der Waals surface area contributed by atoms with E-state index in [0.29, 0.717) is 35.7 Å². The molecule has 1 saturated heterocycles. The van der Waals surface area contributed by atoms with Crippen LogP contribution in [0.5, 0.6) is 5.75 Å².